The Morgan fingerprint density at radius 3 is 2.36 bits per heavy atom. The van der Waals surface area contributed by atoms with Crippen molar-refractivity contribution in [2.24, 2.45) is 5.92 Å². The maximum atomic E-state index is 12.5. The lowest BCUT2D eigenvalue weighted by Crippen LogP contribution is -2.52. The predicted octanol–water partition coefficient (Wildman–Crippen LogP) is 3.37. The number of hydrogen-bond donors (Lipinski definition) is 0. The average molecular weight is 492 g/mol. The van der Waals surface area contributed by atoms with Gasteiger partial charge in [0, 0.05) is 52.8 Å². The van der Waals surface area contributed by atoms with Gasteiger partial charge in [-0.2, -0.15) is 0 Å². The van der Waals surface area contributed by atoms with E-state index in [1.165, 1.54) is 13.8 Å². The number of methoxy groups -OCH3 is 1. The molecule has 3 atom stereocenters. The molecule has 3 unspecified atom stereocenters. The van der Waals surface area contributed by atoms with Crippen LogP contribution in [0.3, 0.4) is 0 Å². The molecule has 1 aliphatic rings. The summed E-state index contributed by atoms with van der Waals surface area (Å²) in [6.45, 7) is 9.86. The van der Waals surface area contributed by atoms with Crippen LogP contribution in [0.4, 0.5) is 4.79 Å². The maximum absolute atomic E-state index is 12.5. The summed E-state index contributed by atoms with van der Waals surface area (Å²) in [4.78, 5) is 35.0. The Hall–Kier alpha value is -1.86. The van der Waals surface area contributed by atoms with Crippen LogP contribution in [0.2, 0.25) is 0 Å². The Morgan fingerprint density at radius 1 is 1.21 bits per heavy atom. The van der Waals surface area contributed by atoms with Crippen LogP contribution in [-0.2, 0) is 33.3 Å². The van der Waals surface area contributed by atoms with Crippen LogP contribution >= 0.6 is 11.6 Å². The van der Waals surface area contributed by atoms with E-state index in [4.69, 9.17) is 30.1 Å². The monoisotopic (exact) mass is 491 g/mol. The van der Waals surface area contributed by atoms with Crippen LogP contribution in [0, 0.1) is 18.3 Å². The SMILES string of the molecule is C#CCCC(OCOCCOC)C1CN(C(=O)OC(C)(C)C)CCC1OC(C)=O.CC(=O)Cl. The number of halogens is 1. The fraction of sp³-hybridized carbons (Fsp3) is 0.783. The highest BCUT2D eigenvalue weighted by atomic mass is 35.5. The van der Waals surface area contributed by atoms with Crippen molar-refractivity contribution in [2.45, 2.75) is 71.7 Å². The van der Waals surface area contributed by atoms with Crippen LogP contribution < -0.4 is 0 Å². The van der Waals surface area contributed by atoms with E-state index in [9.17, 15) is 14.4 Å². The molecule has 1 aliphatic heterocycles. The van der Waals surface area contributed by atoms with Crippen LogP contribution in [0.1, 0.15) is 53.9 Å². The lowest BCUT2D eigenvalue weighted by Gasteiger charge is -2.41. The highest BCUT2D eigenvalue weighted by Crippen LogP contribution is 2.28. The predicted molar refractivity (Wildman–Crippen MR) is 124 cm³/mol. The van der Waals surface area contributed by atoms with E-state index >= 15 is 0 Å². The Morgan fingerprint density at radius 2 is 1.85 bits per heavy atom. The fourth-order valence-corrected chi connectivity index (χ4v) is 3.15. The summed E-state index contributed by atoms with van der Waals surface area (Å²) in [6.07, 6.45) is 5.91. The normalized spacial score (nSPS) is 18.9. The van der Waals surface area contributed by atoms with E-state index in [1.807, 2.05) is 20.8 Å². The molecule has 1 fully saturated rings. The second-order valence-electron chi connectivity index (χ2n) is 8.46. The van der Waals surface area contributed by atoms with Crippen LogP contribution in [0.5, 0.6) is 0 Å². The standard InChI is InChI=1S/C21H35NO7.C2H3ClO/c1-7-8-9-18(27-15-26-13-12-25-6)17-14-22(20(24)29-21(3,4)5)11-10-19(17)28-16(2)23;1-2(3)4/h1,17-19H,8-15H2,2-6H3;1H3. The lowest BCUT2D eigenvalue weighted by molar-refractivity contribution is -0.166. The number of carbonyl (C=O) groups is 3. The largest absolute Gasteiger partial charge is 0.462 e. The number of amides is 1. The van der Waals surface area contributed by atoms with E-state index in [2.05, 4.69) is 17.5 Å². The van der Waals surface area contributed by atoms with E-state index in [-0.39, 0.29) is 36.1 Å². The first-order valence-electron chi connectivity index (χ1n) is 10.8. The third-order valence-corrected chi connectivity index (χ3v) is 4.41. The fourth-order valence-electron chi connectivity index (χ4n) is 3.15. The minimum Gasteiger partial charge on any atom is -0.462 e. The molecule has 0 aliphatic carbocycles. The highest BCUT2D eigenvalue weighted by molar-refractivity contribution is 6.62. The zero-order valence-electron chi connectivity index (χ0n) is 20.6. The van der Waals surface area contributed by atoms with Gasteiger partial charge in [0.05, 0.1) is 19.3 Å². The van der Waals surface area contributed by atoms with Crippen molar-refractivity contribution >= 4 is 28.9 Å². The number of nitrogens with zero attached hydrogens (tertiary/aromatic N) is 1. The van der Waals surface area contributed by atoms with Crippen molar-refractivity contribution in [2.75, 3.05) is 40.2 Å². The quantitative estimate of drug-likeness (QED) is 0.151. The molecule has 0 N–H and O–H groups in total. The van der Waals surface area contributed by atoms with Crippen molar-refractivity contribution in [1.29, 1.82) is 0 Å². The second-order valence-corrected chi connectivity index (χ2v) is 9.00. The molecule has 0 aromatic heterocycles. The Bertz CT molecular complexity index is 639. The van der Waals surface area contributed by atoms with Gasteiger partial charge in [0.15, 0.2) is 0 Å². The molecule has 0 spiro atoms. The number of piperidine rings is 1. The molecule has 1 amide bonds. The van der Waals surface area contributed by atoms with E-state index in [0.29, 0.717) is 45.6 Å². The molecule has 1 saturated heterocycles. The number of terminal acetylenes is 1. The van der Waals surface area contributed by atoms with Gasteiger partial charge in [0.2, 0.25) is 5.24 Å². The van der Waals surface area contributed by atoms with Crippen molar-refractivity contribution < 1.29 is 38.1 Å². The van der Waals surface area contributed by atoms with Crippen LogP contribution in [0.25, 0.3) is 0 Å². The van der Waals surface area contributed by atoms with Gasteiger partial charge in [-0.1, -0.05) is 0 Å². The lowest BCUT2D eigenvalue weighted by atomic mass is 9.87. The molecule has 9 nitrogen and oxygen atoms in total. The van der Waals surface area contributed by atoms with Gasteiger partial charge in [0.1, 0.15) is 18.5 Å². The minimum absolute atomic E-state index is 0.0638. The number of hydrogen-bond acceptors (Lipinski definition) is 8. The summed E-state index contributed by atoms with van der Waals surface area (Å²) in [6, 6.07) is 0. The molecule has 0 aromatic carbocycles. The van der Waals surface area contributed by atoms with Gasteiger partial charge in [-0.25, -0.2) is 4.79 Å². The van der Waals surface area contributed by atoms with Gasteiger partial charge in [-0.15, -0.1) is 12.3 Å². The Kier molecular flexibility index (Phi) is 15.8. The molecule has 1 rings (SSSR count). The number of carbonyl (C=O) groups excluding carboxylic acids is 3. The summed E-state index contributed by atoms with van der Waals surface area (Å²) in [5.41, 5.74) is -0.589. The molecule has 0 saturated carbocycles. The molecular formula is C23H38ClNO8. The molecule has 33 heavy (non-hydrogen) atoms. The van der Waals surface area contributed by atoms with Crippen LogP contribution in [-0.4, -0.2) is 80.2 Å². The molecule has 1 heterocycles. The van der Waals surface area contributed by atoms with E-state index in [0.717, 1.165) is 0 Å². The van der Waals surface area contributed by atoms with E-state index < -0.39 is 11.7 Å². The third-order valence-electron chi connectivity index (χ3n) is 4.41. The van der Waals surface area contributed by atoms with Gasteiger partial charge in [-0.3, -0.25) is 9.59 Å². The highest BCUT2D eigenvalue weighted by Gasteiger charge is 2.40. The summed E-state index contributed by atoms with van der Waals surface area (Å²) < 4.78 is 27.3. The first-order chi connectivity index (χ1) is 15.4. The van der Waals surface area contributed by atoms with Crippen molar-refractivity contribution in [3.8, 4) is 12.3 Å². The average Bonchev–Trinajstić information content (AvgIpc) is 2.68. The van der Waals surface area contributed by atoms with Gasteiger partial charge in [0.25, 0.3) is 0 Å². The smallest absolute Gasteiger partial charge is 0.410 e. The molecule has 0 bridgehead atoms. The summed E-state index contributed by atoms with van der Waals surface area (Å²) >= 11 is 4.64. The number of esters is 1. The molecule has 10 heteroatoms. The van der Waals surface area contributed by atoms with E-state index in [1.54, 1.807) is 12.0 Å². The molecule has 0 aromatic rings. The number of ether oxygens (including phenoxy) is 5. The van der Waals surface area contributed by atoms with Gasteiger partial charge in [-0.05, 0) is 38.8 Å². The topological polar surface area (TPSA) is 101 Å². The summed E-state index contributed by atoms with van der Waals surface area (Å²) in [5, 5.41) is -0.361. The molecular weight excluding hydrogens is 454 g/mol. The zero-order chi connectivity index (χ0) is 25.4. The van der Waals surface area contributed by atoms with Crippen molar-refractivity contribution in [3.63, 3.8) is 0 Å². The Labute approximate surface area is 202 Å². The van der Waals surface area contributed by atoms with Crippen molar-refractivity contribution in [3.05, 3.63) is 0 Å². The van der Waals surface area contributed by atoms with Crippen molar-refractivity contribution in [1.82, 2.24) is 4.90 Å². The number of rotatable bonds is 10. The number of likely N-dealkylation sites (tertiary alicyclic amines) is 1. The summed E-state index contributed by atoms with van der Waals surface area (Å²) in [5.74, 6) is 2.02. The second kappa shape index (κ2) is 16.7. The maximum Gasteiger partial charge on any atom is 0.410 e. The van der Waals surface area contributed by atoms with Gasteiger partial charge >= 0.3 is 12.1 Å². The molecule has 190 valence electrons. The first kappa shape index (κ1) is 31.1. The minimum atomic E-state index is -0.589. The third kappa shape index (κ3) is 15.6. The Balaban J connectivity index is 0.00000235. The van der Waals surface area contributed by atoms with Crippen LogP contribution in [0.15, 0.2) is 0 Å². The first-order valence-corrected chi connectivity index (χ1v) is 11.2. The van der Waals surface area contributed by atoms with Gasteiger partial charge < -0.3 is 28.6 Å². The summed E-state index contributed by atoms with van der Waals surface area (Å²) in [7, 11) is 1.59. The zero-order valence-corrected chi connectivity index (χ0v) is 21.3. The molecule has 0 radical (unpaired) electrons.